The second-order valence-electron chi connectivity index (χ2n) is 10.5. The highest BCUT2D eigenvalue weighted by Gasteiger charge is 2.36. The van der Waals surface area contributed by atoms with Gasteiger partial charge in [0, 0.05) is 18.4 Å². The van der Waals surface area contributed by atoms with Gasteiger partial charge in [-0.1, -0.05) is 12.1 Å². The van der Waals surface area contributed by atoms with E-state index in [1.807, 2.05) is 19.1 Å². The number of methoxy groups -OCH3 is 1. The van der Waals surface area contributed by atoms with Gasteiger partial charge in [-0.15, -0.1) is 0 Å². The van der Waals surface area contributed by atoms with Gasteiger partial charge in [0.25, 0.3) is 6.43 Å². The van der Waals surface area contributed by atoms with Gasteiger partial charge in [-0.05, 0) is 111 Å². The fourth-order valence-corrected chi connectivity index (χ4v) is 7.50. The summed E-state index contributed by atoms with van der Waals surface area (Å²) in [5, 5.41) is 0. The fraction of sp³-hybridized carbons (Fsp3) is 0.586. The maximum absolute atomic E-state index is 13.6. The van der Waals surface area contributed by atoms with E-state index >= 15 is 0 Å². The Morgan fingerprint density at radius 3 is 2.39 bits per heavy atom. The van der Waals surface area contributed by atoms with Crippen LogP contribution in [-0.2, 0) is 9.09 Å². The molecule has 4 nitrogen and oxygen atoms in total. The molecule has 0 amide bonds. The topological polar surface area (TPSA) is 44.8 Å². The van der Waals surface area contributed by atoms with Crippen molar-refractivity contribution in [3.8, 4) is 11.5 Å². The van der Waals surface area contributed by atoms with Crippen molar-refractivity contribution >= 4 is 7.37 Å². The molecule has 0 radical (unpaired) electrons. The molecule has 2 aromatic rings. The Kier molecular flexibility index (Phi) is 9.11. The summed E-state index contributed by atoms with van der Waals surface area (Å²) >= 11 is 0. The molecular weight excluding hydrogens is 481 g/mol. The van der Waals surface area contributed by atoms with E-state index in [1.165, 1.54) is 24.5 Å². The summed E-state index contributed by atoms with van der Waals surface area (Å²) in [6.45, 7) is 4.73. The van der Waals surface area contributed by atoms with E-state index < -0.39 is 13.8 Å². The smallest absolute Gasteiger partial charge is 0.264 e. The molecule has 1 unspecified atom stereocenters. The Balaban J connectivity index is 1.34. The van der Waals surface area contributed by atoms with Crippen molar-refractivity contribution in [2.24, 2.45) is 11.8 Å². The fourth-order valence-electron chi connectivity index (χ4n) is 5.63. The molecule has 4 rings (SSSR count). The lowest BCUT2D eigenvalue weighted by molar-refractivity contribution is 0.148. The summed E-state index contributed by atoms with van der Waals surface area (Å²) in [7, 11) is -1.06. The van der Waals surface area contributed by atoms with Crippen LogP contribution in [0.5, 0.6) is 11.5 Å². The van der Waals surface area contributed by atoms with Crippen LogP contribution in [0.3, 0.4) is 0 Å². The SMILES string of the molecule is CCOP(C)(=O)C[C@H](c1cccc(OCC2CCC(c3cc(OC)ccc3C(F)F)CC2)c1)C1CC1. The predicted molar refractivity (Wildman–Crippen MR) is 140 cm³/mol. The molecule has 0 N–H and O–H groups in total. The van der Waals surface area contributed by atoms with Gasteiger partial charge in [0.1, 0.15) is 11.5 Å². The first kappa shape index (κ1) is 27.1. The lowest BCUT2D eigenvalue weighted by atomic mass is 9.77. The van der Waals surface area contributed by atoms with Crippen molar-refractivity contribution in [3.63, 3.8) is 0 Å². The zero-order valence-electron chi connectivity index (χ0n) is 21.6. The van der Waals surface area contributed by atoms with Crippen molar-refractivity contribution < 1.29 is 27.3 Å². The summed E-state index contributed by atoms with van der Waals surface area (Å²) in [6.07, 6.45) is 4.07. The van der Waals surface area contributed by atoms with Crippen LogP contribution in [0.4, 0.5) is 8.78 Å². The van der Waals surface area contributed by atoms with Crippen LogP contribution in [0.15, 0.2) is 42.5 Å². The maximum atomic E-state index is 13.6. The molecule has 7 heteroatoms. The van der Waals surface area contributed by atoms with Crippen molar-refractivity contribution in [1.29, 1.82) is 0 Å². The number of rotatable bonds is 12. The molecule has 2 fully saturated rings. The molecule has 2 aliphatic rings. The Hall–Kier alpha value is -1.91. The molecule has 0 heterocycles. The van der Waals surface area contributed by atoms with E-state index in [0.29, 0.717) is 37.0 Å². The average Bonchev–Trinajstić information content (AvgIpc) is 3.71. The molecule has 2 saturated carbocycles. The minimum atomic E-state index is -2.62. The van der Waals surface area contributed by atoms with E-state index in [1.54, 1.807) is 25.9 Å². The second-order valence-corrected chi connectivity index (χ2v) is 13.1. The Labute approximate surface area is 214 Å². The first-order valence-corrected chi connectivity index (χ1v) is 15.4. The molecule has 0 aliphatic heterocycles. The molecular formula is C29H39F2O4P. The van der Waals surface area contributed by atoms with E-state index in [0.717, 1.165) is 37.0 Å². The molecule has 2 aromatic carbocycles. The minimum Gasteiger partial charge on any atom is -0.497 e. The van der Waals surface area contributed by atoms with E-state index in [2.05, 4.69) is 12.1 Å². The summed E-state index contributed by atoms with van der Waals surface area (Å²) < 4.78 is 57.1. The van der Waals surface area contributed by atoms with Gasteiger partial charge >= 0.3 is 0 Å². The van der Waals surface area contributed by atoms with Gasteiger partial charge in [-0.3, -0.25) is 4.57 Å². The van der Waals surface area contributed by atoms with Crippen LogP contribution >= 0.6 is 7.37 Å². The number of halogens is 2. The van der Waals surface area contributed by atoms with Gasteiger partial charge in [0.15, 0.2) is 0 Å². The number of hydrogen-bond donors (Lipinski definition) is 0. The van der Waals surface area contributed by atoms with E-state index in [4.69, 9.17) is 14.0 Å². The molecule has 2 aliphatic carbocycles. The molecule has 0 saturated heterocycles. The van der Waals surface area contributed by atoms with Gasteiger partial charge < -0.3 is 14.0 Å². The summed E-state index contributed by atoms with van der Waals surface area (Å²) in [5.74, 6) is 2.80. The van der Waals surface area contributed by atoms with Crippen molar-refractivity contribution in [2.45, 2.75) is 63.7 Å². The van der Waals surface area contributed by atoms with Gasteiger partial charge in [-0.2, -0.15) is 0 Å². The van der Waals surface area contributed by atoms with Gasteiger partial charge in [0.2, 0.25) is 7.37 Å². The monoisotopic (exact) mass is 520 g/mol. The third kappa shape index (κ3) is 7.10. The number of alkyl halides is 2. The van der Waals surface area contributed by atoms with Crippen LogP contribution in [0.25, 0.3) is 0 Å². The minimum absolute atomic E-state index is 0.123. The zero-order valence-corrected chi connectivity index (χ0v) is 22.5. The Bertz CT molecular complexity index is 1050. The third-order valence-electron chi connectivity index (χ3n) is 7.71. The quantitative estimate of drug-likeness (QED) is 0.264. The third-order valence-corrected chi connectivity index (χ3v) is 9.57. The van der Waals surface area contributed by atoms with Crippen LogP contribution in [-0.4, -0.2) is 33.2 Å². The maximum Gasteiger partial charge on any atom is 0.264 e. The van der Waals surface area contributed by atoms with Gasteiger partial charge in [0.05, 0.1) is 20.3 Å². The highest BCUT2D eigenvalue weighted by molar-refractivity contribution is 7.58. The van der Waals surface area contributed by atoms with E-state index in [9.17, 15) is 13.3 Å². The normalized spacial score (nSPS) is 22.7. The zero-order chi connectivity index (χ0) is 25.7. The lowest BCUT2D eigenvalue weighted by Crippen LogP contribution is -2.20. The lowest BCUT2D eigenvalue weighted by Gasteiger charge is -2.30. The molecule has 2 atom stereocenters. The Morgan fingerprint density at radius 1 is 1.00 bits per heavy atom. The van der Waals surface area contributed by atoms with Crippen LogP contribution in [0.1, 0.15) is 80.4 Å². The first-order valence-electron chi connectivity index (χ1n) is 13.2. The number of ether oxygens (including phenoxy) is 2. The number of hydrogen-bond acceptors (Lipinski definition) is 4. The van der Waals surface area contributed by atoms with Crippen molar-refractivity contribution in [3.05, 3.63) is 59.2 Å². The second kappa shape index (κ2) is 12.1. The van der Waals surface area contributed by atoms with E-state index in [-0.39, 0.29) is 17.4 Å². The summed E-state index contributed by atoms with van der Waals surface area (Å²) in [6, 6.07) is 13.1. The van der Waals surface area contributed by atoms with Crippen LogP contribution < -0.4 is 9.47 Å². The first-order chi connectivity index (χ1) is 17.3. The summed E-state index contributed by atoms with van der Waals surface area (Å²) in [4.78, 5) is 0. The molecule has 198 valence electrons. The van der Waals surface area contributed by atoms with Crippen molar-refractivity contribution in [2.75, 3.05) is 33.2 Å². The molecule has 36 heavy (non-hydrogen) atoms. The van der Waals surface area contributed by atoms with Crippen LogP contribution in [0, 0.1) is 11.8 Å². The van der Waals surface area contributed by atoms with Gasteiger partial charge in [-0.25, -0.2) is 8.78 Å². The Morgan fingerprint density at radius 2 is 1.75 bits per heavy atom. The number of benzene rings is 2. The highest BCUT2D eigenvalue weighted by atomic mass is 31.2. The standard InChI is InChI=1S/C29H39F2O4P/c1-4-35-36(3,32)19-28(22-12-13-22)23-6-5-7-25(16-23)34-18-20-8-10-21(11-9-20)27-17-24(33-2)14-15-26(27)29(30)31/h5-7,14-17,20-22,28-29H,4,8-13,18-19H2,1-3H3/t20?,21?,28-,36?/m0/s1. The summed E-state index contributed by atoms with van der Waals surface area (Å²) in [5.41, 5.74) is 2.03. The predicted octanol–water partition coefficient (Wildman–Crippen LogP) is 8.42. The highest BCUT2D eigenvalue weighted by Crippen LogP contribution is 2.53. The average molecular weight is 521 g/mol. The molecule has 0 spiro atoms. The van der Waals surface area contributed by atoms with Crippen LogP contribution in [0.2, 0.25) is 0 Å². The molecule has 0 aromatic heterocycles. The largest absolute Gasteiger partial charge is 0.497 e. The van der Waals surface area contributed by atoms with Crippen molar-refractivity contribution in [1.82, 2.24) is 0 Å². The molecule has 0 bridgehead atoms.